The van der Waals surface area contributed by atoms with E-state index in [0.717, 1.165) is 36.8 Å². The van der Waals surface area contributed by atoms with E-state index in [1.807, 2.05) is 48.5 Å². The van der Waals surface area contributed by atoms with Crippen LogP contribution in [0.15, 0.2) is 48.5 Å². The summed E-state index contributed by atoms with van der Waals surface area (Å²) in [6, 6.07) is 15.8. The molecule has 2 aromatic carbocycles. The summed E-state index contributed by atoms with van der Waals surface area (Å²) in [5.41, 5.74) is 4.67. The van der Waals surface area contributed by atoms with Gasteiger partial charge >= 0.3 is 6.09 Å². The third-order valence-corrected chi connectivity index (χ3v) is 7.19. The Labute approximate surface area is 211 Å². The zero-order valence-electron chi connectivity index (χ0n) is 19.4. The molecule has 1 heterocycles. The van der Waals surface area contributed by atoms with Crippen molar-refractivity contribution in [3.05, 3.63) is 69.7 Å². The third kappa shape index (κ3) is 5.94. The van der Waals surface area contributed by atoms with Crippen LogP contribution in [0.5, 0.6) is 0 Å². The Bertz CT molecular complexity index is 1040. The number of hydrogen-bond donors (Lipinski definition) is 1. The second-order valence-electron chi connectivity index (χ2n) is 8.88. The topological polar surface area (TPSA) is 58.6 Å². The number of nitrogens with zero attached hydrogens (tertiary/aromatic N) is 1. The summed E-state index contributed by atoms with van der Waals surface area (Å²) in [6.45, 7) is 3.38. The van der Waals surface area contributed by atoms with Crippen molar-refractivity contribution in [3.63, 3.8) is 0 Å². The number of piperidine rings is 1. The zero-order valence-corrected chi connectivity index (χ0v) is 20.9. The highest BCUT2D eigenvalue weighted by Crippen LogP contribution is 2.41. The summed E-state index contributed by atoms with van der Waals surface area (Å²) < 4.78 is 5.09. The van der Waals surface area contributed by atoms with Gasteiger partial charge in [0.15, 0.2) is 0 Å². The monoisotopic (exact) mass is 500 g/mol. The fourth-order valence-corrected chi connectivity index (χ4v) is 5.07. The molecule has 0 radical (unpaired) electrons. The van der Waals surface area contributed by atoms with Crippen molar-refractivity contribution in [3.8, 4) is 0 Å². The Morgan fingerprint density at radius 1 is 0.912 bits per heavy atom. The predicted octanol–water partition coefficient (Wildman–Crippen LogP) is 6.44. The summed E-state index contributed by atoms with van der Waals surface area (Å²) in [5, 5.41) is 4.64. The lowest BCUT2D eigenvalue weighted by Crippen LogP contribution is -2.48. The van der Waals surface area contributed by atoms with Gasteiger partial charge in [0.2, 0.25) is 5.91 Å². The molecule has 1 saturated heterocycles. The molecule has 1 fully saturated rings. The molecule has 7 heteroatoms. The highest BCUT2D eigenvalue weighted by atomic mass is 35.5. The van der Waals surface area contributed by atoms with Gasteiger partial charge in [-0.15, -0.1) is 0 Å². The van der Waals surface area contributed by atoms with Crippen molar-refractivity contribution in [1.82, 2.24) is 10.2 Å². The van der Waals surface area contributed by atoms with Crippen molar-refractivity contribution in [2.45, 2.75) is 45.1 Å². The minimum Gasteiger partial charge on any atom is -0.450 e. The molecule has 0 saturated carbocycles. The van der Waals surface area contributed by atoms with Crippen LogP contribution < -0.4 is 5.32 Å². The maximum absolute atomic E-state index is 13.2. The van der Waals surface area contributed by atoms with E-state index in [2.05, 4.69) is 5.32 Å². The van der Waals surface area contributed by atoms with E-state index in [0.29, 0.717) is 36.2 Å². The van der Waals surface area contributed by atoms with Crippen molar-refractivity contribution in [2.75, 3.05) is 19.7 Å². The molecule has 0 aromatic heterocycles. The Balaban J connectivity index is 1.46. The fourth-order valence-electron chi connectivity index (χ4n) is 4.82. The van der Waals surface area contributed by atoms with Crippen molar-refractivity contribution in [1.29, 1.82) is 0 Å². The molecule has 0 bridgehead atoms. The molecule has 5 nitrogen and oxygen atoms in total. The summed E-state index contributed by atoms with van der Waals surface area (Å²) in [4.78, 5) is 26.9. The minimum atomic E-state index is -0.271. The minimum absolute atomic E-state index is 0.0822. The van der Waals surface area contributed by atoms with Gasteiger partial charge in [-0.1, -0.05) is 47.5 Å². The van der Waals surface area contributed by atoms with Gasteiger partial charge in [0.1, 0.15) is 0 Å². The normalized spacial score (nSPS) is 19.1. The van der Waals surface area contributed by atoms with Crippen LogP contribution in [0.3, 0.4) is 0 Å². The number of amides is 2. The lowest BCUT2D eigenvalue weighted by molar-refractivity contribution is -0.126. The first-order valence-corrected chi connectivity index (χ1v) is 12.7. The van der Waals surface area contributed by atoms with E-state index >= 15 is 0 Å². The van der Waals surface area contributed by atoms with Gasteiger partial charge in [0.05, 0.1) is 6.61 Å². The van der Waals surface area contributed by atoms with Crippen molar-refractivity contribution < 1.29 is 14.3 Å². The van der Waals surface area contributed by atoms with Crippen molar-refractivity contribution >= 4 is 46.3 Å². The molecule has 2 aromatic rings. The van der Waals surface area contributed by atoms with E-state index in [4.69, 9.17) is 27.9 Å². The van der Waals surface area contributed by atoms with E-state index in [1.54, 1.807) is 11.8 Å². The molecular weight excluding hydrogens is 471 g/mol. The first-order valence-electron chi connectivity index (χ1n) is 11.9. The van der Waals surface area contributed by atoms with Crippen LogP contribution in [0, 0.1) is 5.92 Å². The number of likely N-dealkylation sites (tertiary alicyclic amines) is 1. The molecular formula is C27H30Cl2N2O3. The molecule has 34 heavy (non-hydrogen) atoms. The van der Waals surface area contributed by atoms with Gasteiger partial charge in [-0.05, 0) is 85.6 Å². The number of nitrogens with one attached hydrogen (secondary N) is 1. The highest BCUT2D eigenvalue weighted by molar-refractivity contribution is 6.31. The number of ether oxygens (including phenoxy) is 1. The third-order valence-electron chi connectivity index (χ3n) is 6.68. The van der Waals surface area contributed by atoms with Crippen LogP contribution >= 0.6 is 23.2 Å². The van der Waals surface area contributed by atoms with Gasteiger partial charge in [-0.25, -0.2) is 4.79 Å². The van der Waals surface area contributed by atoms with Gasteiger partial charge in [-0.2, -0.15) is 0 Å². The van der Waals surface area contributed by atoms with E-state index in [1.165, 1.54) is 11.1 Å². The Hall–Kier alpha value is -2.50. The summed E-state index contributed by atoms with van der Waals surface area (Å²) in [6.07, 6.45) is 3.50. The average Bonchev–Trinajstić information content (AvgIpc) is 2.85. The van der Waals surface area contributed by atoms with Gasteiger partial charge < -0.3 is 15.0 Å². The maximum atomic E-state index is 13.2. The number of carbonyl (C=O) groups is 2. The first kappa shape index (κ1) is 24.6. The van der Waals surface area contributed by atoms with Crippen LogP contribution in [-0.4, -0.2) is 42.6 Å². The molecule has 1 aliphatic carbocycles. The summed E-state index contributed by atoms with van der Waals surface area (Å²) in [5.74, 6) is 0.000943. The zero-order chi connectivity index (χ0) is 24.1. The van der Waals surface area contributed by atoms with E-state index in [9.17, 15) is 9.59 Å². The largest absolute Gasteiger partial charge is 0.450 e. The van der Waals surface area contributed by atoms with E-state index < -0.39 is 0 Å². The quantitative estimate of drug-likeness (QED) is 0.513. The number of halogens is 2. The molecule has 2 aliphatic rings. The molecule has 1 N–H and O–H groups in total. The van der Waals surface area contributed by atoms with Gasteiger partial charge in [-0.3, -0.25) is 4.79 Å². The molecule has 0 spiro atoms. The number of hydrogen-bond acceptors (Lipinski definition) is 3. The molecule has 180 valence electrons. The second kappa shape index (κ2) is 11.3. The van der Waals surface area contributed by atoms with Crippen molar-refractivity contribution in [2.24, 2.45) is 5.92 Å². The number of benzene rings is 2. The SMILES string of the molecule is CCOC(=O)N1CCC(NC(=O)C2CCC(c3ccc(Cl)cc3)=C(c3ccc(Cl)cc3)C2)CC1. The molecule has 1 aliphatic heterocycles. The number of allylic oxidation sites excluding steroid dienone is 2. The Morgan fingerprint density at radius 3 is 2.03 bits per heavy atom. The van der Waals surface area contributed by atoms with Crippen LogP contribution in [0.25, 0.3) is 11.1 Å². The molecule has 1 unspecified atom stereocenters. The van der Waals surface area contributed by atoms with E-state index in [-0.39, 0.29) is 24.0 Å². The average molecular weight is 501 g/mol. The van der Waals surface area contributed by atoms with Crippen LogP contribution in [0.4, 0.5) is 4.79 Å². The van der Waals surface area contributed by atoms with Gasteiger partial charge in [0.25, 0.3) is 0 Å². The second-order valence-corrected chi connectivity index (χ2v) is 9.75. The van der Waals surface area contributed by atoms with Crippen LogP contribution in [0.1, 0.15) is 50.2 Å². The first-order chi connectivity index (χ1) is 16.4. The highest BCUT2D eigenvalue weighted by Gasteiger charge is 2.30. The Kier molecular flexibility index (Phi) is 8.17. The van der Waals surface area contributed by atoms with Crippen LogP contribution in [-0.2, 0) is 9.53 Å². The van der Waals surface area contributed by atoms with Crippen LogP contribution in [0.2, 0.25) is 10.0 Å². The lowest BCUT2D eigenvalue weighted by atomic mass is 9.78. The summed E-state index contributed by atoms with van der Waals surface area (Å²) in [7, 11) is 0. The molecule has 1 atom stereocenters. The maximum Gasteiger partial charge on any atom is 0.409 e. The lowest BCUT2D eigenvalue weighted by Gasteiger charge is -2.33. The molecule has 4 rings (SSSR count). The number of carbonyl (C=O) groups excluding carboxylic acids is 2. The standard InChI is InChI=1S/C27H30Cl2N2O3/c1-2-34-27(33)31-15-13-23(14-16-31)30-26(32)20-7-12-24(18-3-8-21(28)9-4-18)25(17-20)19-5-10-22(29)11-6-19/h3-6,8-11,20,23H,2,7,12-17H2,1H3,(H,30,32). The smallest absolute Gasteiger partial charge is 0.409 e. The number of rotatable bonds is 5. The summed E-state index contributed by atoms with van der Waals surface area (Å²) >= 11 is 12.2. The Morgan fingerprint density at radius 2 is 1.47 bits per heavy atom. The molecule has 2 amide bonds. The predicted molar refractivity (Wildman–Crippen MR) is 137 cm³/mol. The fraction of sp³-hybridized carbons (Fsp3) is 0.407. The van der Waals surface area contributed by atoms with Gasteiger partial charge in [0, 0.05) is 35.1 Å².